The molecule has 1 aromatic carbocycles. The van der Waals surface area contributed by atoms with Gasteiger partial charge >= 0.3 is 5.97 Å². The Kier molecular flexibility index (Phi) is 11.6. The Labute approximate surface area is 152 Å². The lowest BCUT2D eigenvalue weighted by Crippen LogP contribution is -2.05. The molecule has 0 fully saturated rings. The second-order valence-electron chi connectivity index (χ2n) is 5.92. The number of carbonyl (C=O) groups excluding carboxylic acids is 1. The van der Waals surface area contributed by atoms with Gasteiger partial charge in [-0.05, 0) is 43.9 Å². The maximum atomic E-state index is 11.5. The van der Waals surface area contributed by atoms with Crippen molar-refractivity contribution in [3.63, 3.8) is 0 Å². The lowest BCUT2D eigenvalue weighted by molar-refractivity contribution is -0.143. The molecule has 25 heavy (non-hydrogen) atoms. The number of unbranched alkanes of at least 4 members (excludes halogenated alkanes) is 6. The van der Waals surface area contributed by atoms with E-state index in [0.717, 1.165) is 62.7 Å². The number of esters is 1. The zero-order valence-electron chi connectivity index (χ0n) is 15.0. The van der Waals surface area contributed by atoms with Gasteiger partial charge in [-0.2, -0.15) is 0 Å². The summed E-state index contributed by atoms with van der Waals surface area (Å²) < 4.78 is 10.9. The van der Waals surface area contributed by atoms with Crippen LogP contribution in [0, 0.1) is 24.7 Å². The Morgan fingerprint density at radius 3 is 2.48 bits per heavy atom. The van der Waals surface area contributed by atoms with Crippen LogP contribution in [-0.2, 0) is 9.53 Å². The third-order valence-electron chi connectivity index (χ3n) is 3.77. The molecule has 0 radical (unpaired) electrons. The van der Waals surface area contributed by atoms with Crippen LogP contribution in [0.1, 0.15) is 63.4 Å². The van der Waals surface area contributed by atoms with Crippen molar-refractivity contribution in [2.45, 2.75) is 57.8 Å². The van der Waals surface area contributed by atoms with Crippen LogP contribution in [0.4, 0.5) is 0 Å². The van der Waals surface area contributed by atoms with Crippen LogP contribution in [0.5, 0.6) is 5.75 Å². The van der Waals surface area contributed by atoms with Crippen LogP contribution in [-0.4, -0.2) is 19.2 Å². The van der Waals surface area contributed by atoms with Gasteiger partial charge in [-0.25, -0.2) is 0 Å². The first-order chi connectivity index (χ1) is 12.3. The molecule has 3 nitrogen and oxygen atoms in total. The molecule has 0 aliphatic rings. The topological polar surface area (TPSA) is 35.5 Å². The van der Waals surface area contributed by atoms with Crippen molar-refractivity contribution in [1.29, 1.82) is 0 Å². The highest BCUT2D eigenvalue weighted by atomic mass is 16.5. The fraction of sp³-hybridized carbons (Fsp3) is 0.500. The van der Waals surface area contributed by atoms with Crippen LogP contribution in [0.15, 0.2) is 24.3 Å². The Balaban J connectivity index is 1.91. The van der Waals surface area contributed by atoms with Gasteiger partial charge in [0.25, 0.3) is 0 Å². The van der Waals surface area contributed by atoms with Crippen LogP contribution < -0.4 is 4.74 Å². The van der Waals surface area contributed by atoms with E-state index in [1.54, 1.807) is 0 Å². The minimum atomic E-state index is -0.111. The van der Waals surface area contributed by atoms with Crippen molar-refractivity contribution in [3.05, 3.63) is 29.8 Å². The molecule has 0 atom stereocenters. The summed E-state index contributed by atoms with van der Waals surface area (Å²) in [6, 6.07) is 7.58. The summed E-state index contributed by atoms with van der Waals surface area (Å²) in [7, 11) is 0. The summed E-state index contributed by atoms with van der Waals surface area (Å²) in [5.74, 6) is 5.88. The van der Waals surface area contributed by atoms with E-state index in [4.69, 9.17) is 22.3 Å². The minimum absolute atomic E-state index is 0.111. The smallest absolute Gasteiger partial charge is 0.305 e. The molecule has 0 N–H and O–H groups in total. The molecule has 0 heterocycles. The van der Waals surface area contributed by atoms with Gasteiger partial charge in [0.2, 0.25) is 0 Å². The molecule has 0 spiro atoms. The predicted molar refractivity (Wildman–Crippen MR) is 101 cm³/mol. The minimum Gasteiger partial charge on any atom is -0.494 e. The summed E-state index contributed by atoms with van der Waals surface area (Å²) in [6.45, 7) is 1.21. The number of benzene rings is 1. The van der Waals surface area contributed by atoms with Crippen LogP contribution >= 0.6 is 0 Å². The molecule has 1 aromatic rings. The second-order valence-corrected chi connectivity index (χ2v) is 5.92. The van der Waals surface area contributed by atoms with E-state index in [0.29, 0.717) is 19.6 Å². The van der Waals surface area contributed by atoms with Crippen molar-refractivity contribution in [2.24, 2.45) is 0 Å². The molecule has 0 aromatic heterocycles. The van der Waals surface area contributed by atoms with Crippen LogP contribution in [0.2, 0.25) is 0 Å². The Morgan fingerprint density at radius 2 is 1.72 bits per heavy atom. The molecule has 0 amide bonds. The maximum absolute atomic E-state index is 11.5. The maximum Gasteiger partial charge on any atom is 0.305 e. The number of hydrogen-bond donors (Lipinski definition) is 0. The van der Waals surface area contributed by atoms with E-state index in [2.05, 4.69) is 11.8 Å². The number of hydrogen-bond acceptors (Lipinski definition) is 3. The number of ether oxygens (including phenoxy) is 2. The first-order valence-electron chi connectivity index (χ1n) is 9.05. The quantitative estimate of drug-likeness (QED) is 0.296. The van der Waals surface area contributed by atoms with Crippen molar-refractivity contribution >= 4 is 5.97 Å². The summed E-state index contributed by atoms with van der Waals surface area (Å²) in [6.07, 6.45) is 18.6. The Hall–Kier alpha value is -2.39. The SMILES string of the molecule is C#CCCCCC(=O)OCCCCCCCOc1cccc(C#C)c1. The van der Waals surface area contributed by atoms with Crippen molar-refractivity contribution in [2.75, 3.05) is 13.2 Å². The fourth-order valence-electron chi connectivity index (χ4n) is 2.35. The Morgan fingerprint density at radius 1 is 0.960 bits per heavy atom. The fourth-order valence-corrected chi connectivity index (χ4v) is 2.35. The average molecular weight is 340 g/mol. The summed E-state index contributed by atoms with van der Waals surface area (Å²) in [5.41, 5.74) is 0.836. The molecule has 134 valence electrons. The summed E-state index contributed by atoms with van der Waals surface area (Å²) in [5, 5.41) is 0. The normalized spacial score (nSPS) is 9.84. The largest absolute Gasteiger partial charge is 0.494 e. The van der Waals surface area contributed by atoms with Gasteiger partial charge in [0.15, 0.2) is 0 Å². The molecule has 0 saturated heterocycles. The first-order valence-corrected chi connectivity index (χ1v) is 9.05. The highest BCUT2D eigenvalue weighted by Crippen LogP contribution is 2.13. The van der Waals surface area contributed by atoms with Gasteiger partial charge in [0.05, 0.1) is 13.2 Å². The number of carbonyl (C=O) groups is 1. The van der Waals surface area contributed by atoms with Crippen molar-refractivity contribution < 1.29 is 14.3 Å². The molecular weight excluding hydrogens is 312 g/mol. The summed E-state index contributed by atoms with van der Waals surface area (Å²) in [4.78, 5) is 11.5. The molecule has 1 rings (SSSR count). The third-order valence-corrected chi connectivity index (χ3v) is 3.77. The number of terminal acetylenes is 2. The van der Waals surface area contributed by atoms with Gasteiger partial charge in [0, 0.05) is 18.4 Å². The zero-order valence-corrected chi connectivity index (χ0v) is 15.0. The van der Waals surface area contributed by atoms with E-state index in [9.17, 15) is 4.79 Å². The van der Waals surface area contributed by atoms with Gasteiger partial charge in [0.1, 0.15) is 5.75 Å². The van der Waals surface area contributed by atoms with E-state index in [1.165, 1.54) is 0 Å². The Bertz CT molecular complexity index is 578. The molecule has 0 aliphatic heterocycles. The second kappa shape index (κ2) is 14.0. The molecule has 3 heteroatoms. The van der Waals surface area contributed by atoms with Crippen LogP contribution in [0.25, 0.3) is 0 Å². The molecular formula is C22H28O3. The molecule has 0 aliphatic carbocycles. The van der Waals surface area contributed by atoms with Gasteiger partial charge in [-0.15, -0.1) is 18.8 Å². The van der Waals surface area contributed by atoms with Crippen LogP contribution in [0.3, 0.4) is 0 Å². The van der Waals surface area contributed by atoms with E-state index >= 15 is 0 Å². The predicted octanol–water partition coefficient (Wildman–Crippen LogP) is 4.73. The first kappa shape index (κ1) is 20.7. The van der Waals surface area contributed by atoms with Gasteiger partial charge in [-0.3, -0.25) is 4.79 Å². The van der Waals surface area contributed by atoms with Crippen molar-refractivity contribution in [3.8, 4) is 30.4 Å². The molecule has 0 saturated carbocycles. The average Bonchev–Trinajstić information content (AvgIpc) is 2.64. The lowest BCUT2D eigenvalue weighted by atomic mass is 10.1. The standard InChI is InChI=1S/C22H28O3/c1-3-5-6-10-16-22(23)25-18-12-9-7-8-11-17-24-21-15-13-14-20(4-2)19-21/h1-2,13-15,19H,5-12,16-18H2. The summed E-state index contributed by atoms with van der Waals surface area (Å²) >= 11 is 0. The zero-order chi connectivity index (χ0) is 18.2. The van der Waals surface area contributed by atoms with E-state index in [1.807, 2.05) is 24.3 Å². The molecule has 0 bridgehead atoms. The van der Waals surface area contributed by atoms with Gasteiger partial charge in [-0.1, -0.05) is 31.2 Å². The highest BCUT2D eigenvalue weighted by molar-refractivity contribution is 5.69. The lowest BCUT2D eigenvalue weighted by Gasteiger charge is -2.07. The van der Waals surface area contributed by atoms with Gasteiger partial charge < -0.3 is 9.47 Å². The van der Waals surface area contributed by atoms with E-state index < -0.39 is 0 Å². The number of rotatable bonds is 13. The monoisotopic (exact) mass is 340 g/mol. The molecule has 0 unspecified atom stereocenters. The van der Waals surface area contributed by atoms with E-state index in [-0.39, 0.29) is 5.97 Å². The third kappa shape index (κ3) is 10.9. The highest BCUT2D eigenvalue weighted by Gasteiger charge is 2.02. The van der Waals surface area contributed by atoms with Crippen molar-refractivity contribution in [1.82, 2.24) is 0 Å².